The van der Waals surface area contributed by atoms with Crippen molar-refractivity contribution in [1.29, 1.82) is 0 Å². The molecule has 0 bridgehead atoms. The molecule has 0 radical (unpaired) electrons. The second-order valence-electron chi connectivity index (χ2n) is 10.8. The van der Waals surface area contributed by atoms with E-state index in [4.69, 9.17) is 14.2 Å². The molecule has 6 atom stereocenters. The standard InChI is InChI=1S/C27H45NO5/c1-15(2)19-11-20(16(3)4)24(21(12-19)17(5)6)18(7)33-22-9-10-28-13-23(32-14-31-8)26(29)27(30)25(22)28/h11-12,15-18,22-23,25-27,29-30H,9-10,13-14H2,1-8H3/t18-,22+,23+,25-,26-,27-/m1/s1. The Morgan fingerprint density at radius 3 is 2.03 bits per heavy atom. The SMILES string of the molecule is COCO[C@H]1CN2CC[C@H](O[C@H](C)c3c(C(C)C)cc(C(C)C)cc3C(C)C)[C@@H]2[C@@H](O)[C@@H]1O. The molecule has 0 spiro atoms. The average molecular weight is 464 g/mol. The highest BCUT2D eigenvalue weighted by atomic mass is 16.7. The van der Waals surface area contributed by atoms with E-state index >= 15 is 0 Å². The lowest BCUT2D eigenvalue weighted by molar-refractivity contribution is -0.190. The molecule has 188 valence electrons. The van der Waals surface area contributed by atoms with Crippen molar-refractivity contribution < 1.29 is 24.4 Å². The predicted molar refractivity (Wildman–Crippen MR) is 131 cm³/mol. The van der Waals surface area contributed by atoms with Crippen molar-refractivity contribution in [2.75, 3.05) is 27.0 Å². The number of hydrogen-bond donors (Lipinski definition) is 2. The number of methoxy groups -OCH3 is 1. The molecule has 0 aliphatic carbocycles. The Balaban J connectivity index is 1.85. The first-order chi connectivity index (χ1) is 15.6. The van der Waals surface area contributed by atoms with Crippen molar-refractivity contribution in [3.05, 3.63) is 34.4 Å². The smallest absolute Gasteiger partial charge is 0.146 e. The minimum absolute atomic E-state index is 0.0993. The van der Waals surface area contributed by atoms with Gasteiger partial charge in [0.15, 0.2) is 0 Å². The zero-order valence-electron chi connectivity index (χ0n) is 21.7. The van der Waals surface area contributed by atoms with Crippen molar-refractivity contribution in [2.24, 2.45) is 0 Å². The van der Waals surface area contributed by atoms with E-state index in [0.29, 0.717) is 24.3 Å². The summed E-state index contributed by atoms with van der Waals surface area (Å²) in [5.41, 5.74) is 5.36. The second kappa shape index (κ2) is 11.1. The molecule has 0 unspecified atom stereocenters. The summed E-state index contributed by atoms with van der Waals surface area (Å²) in [6, 6.07) is 4.48. The molecule has 2 heterocycles. The van der Waals surface area contributed by atoms with E-state index in [0.717, 1.165) is 13.0 Å². The monoisotopic (exact) mass is 463 g/mol. The normalized spacial score (nSPS) is 29.3. The lowest BCUT2D eigenvalue weighted by Gasteiger charge is -2.43. The van der Waals surface area contributed by atoms with E-state index in [1.807, 2.05) is 0 Å². The van der Waals surface area contributed by atoms with Gasteiger partial charge in [0.05, 0.1) is 18.2 Å². The molecular formula is C27H45NO5. The lowest BCUT2D eigenvalue weighted by atomic mass is 9.82. The molecular weight excluding hydrogens is 418 g/mol. The number of ether oxygens (including phenoxy) is 3. The number of nitrogens with zero attached hydrogens (tertiary/aromatic N) is 1. The molecule has 33 heavy (non-hydrogen) atoms. The molecule has 0 amide bonds. The molecule has 0 saturated carbocycles. The average Bonchev–Trinajstić information content (AvgIpc) is 3.16. The van der Waals surface area contributed by atoms with Crippen LogP contribution < -0.4 is 0 Å². The van der Waals surface area contributed by atoms with Crippen LogP contribution in [0, 0.1) is 0 Å². The van der Waals surface area contributed by atoms with Crippen LogP contribution in [0.3, 0.4) is 0 Å². The first-order valence-electron chi connectivity index (χ1n) is 12.6. The molecule has 1 aromatic rings. The van der Waals surface area contributed by atoms with Gasteiger partial charge in [-0.2, -0.15) is 0 Å². The Bertz CT molecular complexity index is 751. The van der Waals surface area contributed by atoms with Gasteiger partial charge in [-0.1, -0.05) is 53.7 Å². The highest BCUT2D eigenvalue weighted by molar-refractivity contribution is 5.45. The summed E-state index contributed by atoms with van der Waals surface area (Å²) >= 11 is 0. The maximum atomic E-state index is 11.0. The fourth-order valence-electron chi connectivity index (χ4n) is 5.52. The third-order valence-electron chi connectivity index (χ3n) is 7.36. The van der Waals surface area contributed by atoms with Gasteiger partial charge in [-0.05, 0) is 53.4 Å². The van der Waals surface area contributed by atoms with Crippen LogP contribution in [0.4, 0.5) is 0 Å². The Morgan fingerprint density at radius 2 is 1.52 bits per heavy atom. The fraction of sp³-hybridized carbons (Fsp3) is 0.778. The molecule has 2 aliphatic heterocycles. The summed E-state index contributed by atoms with van der Waals surface area (Å²) in [5, 5.41) is 21.6. The fourth-order valence-corrected chi connectivity index (χ4v) is 5.52. The summed E-state index contributed by atoms with van der Waals surface area (Å²) in [5.74, 6) is 1.26. The van der Waals surface area contributed by atoms with Gasteiger partial charge >= 0.3 is 0 Å². The van der Waals surface area contributed by atoms with Gasteiger partial charge < -0.3 is 24.4 Å². The zero-order valence-corrected chi connectivity index (χ0v) is 21.7. The van der Waals surface area contributed by atoms with Gasteiger partial charge in [-0.25, -0.2) is 0 Å². The topological polar surface area (TPSA) is 71.4 Å². The first-order valence-corrected chi connectivity index (χ1v) is 12.6. The molecule has 2 N–H and O–H groups in total. The molecule has 6 heteroatoms. The molecule has 2 saturated heterocycles. The maximum Gasteiger partial charge on any atom is 0.146 e. The number of aliphatic hydroxyl groups is 2. The molecule has 2 aliphatic rings. The number of piperidine rings is 1. The van der Waals surface area contributed by atoms with Crippen LogP contribution in [0.25, 0.3) is 0 Å². The van der Waals surface area contributed by atoms with E-state index in [1.165, 1.54) is 22.3 Å². The first kappa shape index (κ1) is 26.6. The Kier molecular flexibility index (Phi) is 8.98. The highest BCUT2D eigenvalue weighted by Gasteiger charge is 2.50. The minimum atomic E-state index is -0.955. The van der Waals surface area contributed by atoms with Gasteiger partial charge in [-0.3, -0.25) is 4.90 Å². The van der Waals surface area contributed by atoms with E-state index in [1.54, 1.807) is 7.11 Å². The Morgan fingerprint density at radius 1 is 0.909 bits per heavy atom. The Labute approximate surface area is 200 Å². The number of fused-ring (bicyclic) bond motifs is 1. The van der Waals surface area contributed by atoms with Crippen molar-refractivity contribution in [3.63, 3.8) is 0 Å². The lowest BCUT2D eigenvalue weighted by Crippen LogP contribution is -2.62. The zero-order chi connectivity index (χ0) is 24.4. The second-order valence-corrected chi connectivity index (χ2v) is 10.8. The van der Waals surface area contributed by atoms with Crippen LogP contribution in [-0.2, 0) is 14.2 Å². The minimum Gasteiger partial charge on any atom is -0.389 e. The van der Waals surface area contributed by atoms with Crippen LogP contribution >= 0.6 is 0 Å². The van der Waals surface area contributed by atoms with Crippen LogP contribution in [-0.4, -0.2) is 72.6 Å². The number of aliphatic hydroxyl groups excluding tert-OH is 2. The number of hydrogen-bond acceptors (Lipinski definition) is 6. The highest BCUT2D eigenvalue weighted by Crippen LogP contribution is 2.40. The number of benzene rings is 1. The van der Waals surface area contributed by atoms with Crippen molar-refractivity contribution in [3.8, 4) is 0 Å². The van der Waals surface area contributed by atoms with Gasteiger partial charge in [0.1, 0.15) is 25.1 Å². The number of rotatable bonds is 9. The van der Waals surface area contributed by atoms with E-state index < -0.39 is 18.3 Å². The van der Waals surface area contributed by atoms with Crippen molar-refractivity contribution in [2.45, 2.75) is 109 Å². The summed E-state index contributed by atoms with van der Waals surface area (Å²) in [7, 11) is 1.56. The summed E-state index contributed by atoms with van der Waals surface area (Å²) in [4.78, 5) is 2.20. The van der Waals surface area contributed by atoms with Crippen LogP contribution in [0.1, 0.15) is 101 Å². The summed E-state index contributed by atoms with van der Waals surface area (Å²) in [6.07, 6.45) is -1.75. The summed E-state index contributed by atoms with van der Waals surface area (Å²) < 4.78 is 17.3. The summed E-state index contributed by atoms with van der Waals surface area (Å²) in [6.45, 7) is 17.1. The van der Waals surface area contributed by atoms with Gasteiger partial charge in [0, 0.05) is 20.2 Å². The van der Waals surface area contributed by atoms with Gasteiger partial charge in [0.25, 0.3) is 0 Å². The largest absolute Gasteiger partial charge is 0.389 e. The van der Waals surface area contributed by atoms with Crippen LogP contribution in [0.15, 0.2) is 12.1 Å². The van der Waals surface area contributed by atoms with Crippen LogP contribution in [0.2, 0.25) is 0 Å². The van der Waals surface area contributed by atoms with E-state index in [2.05, 4.69) is 65.5 Å². The third kappa shape index (κ3) is 5.63. The quantitative estimate of drug-likeness (QED) is 0.532. The molecule has 1 aromatic carbocycles. The van der Waals surface area contributed by atoms with Crippen molar-refractivity contribution in [1.82, 2.24) is 4.90 Å². The molecule has 2 fully saturated rings. The molecule has 3 rings (SSSR count). The predicted octanol–water partition coefficient (Wildman–Crippen LogP) is 4.30. The maximum absolute atomic E-state index is 11.0. The molecule has 0 aromatic heterocycles. The van der Waals surface area contributed by atoms with E-state index in [-0.39, 0.29) is 25.0 Å². The Hall–Kier alpha value is -1.02. The van der Waals surface area contributed by atoms with E-state index in [9.17, 15) is 10.2 Å². The van der Waals surface area contributed by atoms with Crippen molar-refractivity contribution >= 4 is 0 Å². The van der Waals surface area contributed by atoms with Gasteiger partial charge in [-0.15, -0.1) is 0 Å². The van der Waals surface area contributed by atoms with Gasteiger partial charge in [0.2, 0.25) is 0 Å². The molecule has 6 nitrogen and oxygen atoms in total. The third-order valence-corrected chi connectivity index (χ3v) is 7.36. The van der Waals surface area contributed by atoms with Crippen LogP contribution in [0.5, 0.6) is 0 Å².